The lowest BCUT2D eigenvalue weighted by Gasteiger charge is -2.30. The molecule has 3 aromatic rings. The second-order valence-electron chi connectivity index (χ2n) is 6.98. The molecule has 0 saturated carbocycles. The van der Waals surface area contributed by atoms with E-state index in [0.717, 1.165) is 40.1 Å². The molecular formula is C18H19N7O3S3. The van der Waals surface area contributed by atoms with Crippen LogP contribution < -0.4 is 10.9 Å². The number of hydrogen-bond acceptors (Lipinski definition) is 10. The first-order chi connectivity index (χ1) is 14.9. The lowest BCUT2D eigenvalue weighted by molar-refractivity contribution is 0.0716. The van der Waals surface area contributed by atoms with Crippen molar-refractivity contribution in [3.05, 3.63) is 42.7 Å². The zero-order chi connectivity index (χ0) is 22.0. The molecule has 0 radical (unpaired) electrons. The Labute approximate surface area is 189 Å². The monoisotopic (exact) mass is 477 g/mol. The molecular weight excluding hydrogens is 458 g/mol. The average molecular weight is 478 g/mol. The van der Waals surface area contributed by atoms with Gasteiger partial charge < -0.3 is 4.90 Å². The third kappa shape index (κ3) is 4.78. The minimum Gasteiger partial charge on any atom is -0.338 e. The van der Waals surface area contributed by atoms with Gasteiger partial charge in [0.2, 0.25) is 0 Å². The Bertz CT molecular complexity index is 1100. The maximum absolute atomic E-state index is 12.8. The predicted octanol–water partition coefficient (Wildman–Crippen LogP) is 2.16. The van der Waals surface area contributed by atoms with E-state index in [2.05, 4.69) is 30.4 Å². The number of carbonyl (C=O) groups is 3. The number of rotatable bonds is 4. The lowest BCUT2D eigenvalue weighted by Crippen LogP contribution is -2.42. The van der Waals surface area contributed by atoms with E-state index in [0.29, 0.717) is 18.0 Å². The van der Waals surface area contributed by atoms with E-state index in [4.69, 9.17) is 0 Å². The van der Waals surface area contributed by atoms with Crippen molar-refractivity contribution in [2.24, 2.45) is 0 Å². The highest BCUT2D eigenvalue weighted by Crippen LogP contribution is 2.31. The van der Waals surface area contributed by atoms with Gasteiger partial charge in [-0.25, -0.2) is 9.97 Å². The molecule has 4 rings (SSSR count). The molecule has 0 aromatic carbocycles. The number of nitrogens with zero attached hydrogens (tertiary/aromatic N) is 5. The van der Waals surface area contributed by atoms with E-state index in [1.165, 1.54) is 28.1 Å². The van der Waals surface area contributed by atoms with Crippen molar-refractivity contribution >= 4 is 51.9 Å². The van der Waals surface area contributed by atoms with Gasteiger partial charge in [-0.1, -0.05) is 4.49 Å². The van der Waals surface area contributed by atoms with Gasteiger partial charge >= 0.3 is 0 Å². The van der Waals surface area contributed by atoms with Crippen molar-refractivity contribution < 1.29 is 14.4 Å². The number of carbonyl (C=O) groups excluding carboxylic acids is 3. The van der Waals surface area contributed by atoms with Crippen LogP contribution in [0.25, 0.3) is 0 Å². The van der Waals surface area contributed by atoms with Crippen molar-refractivity contribution in [2.45, 2.75) is 32.6 Å². The van der Waals surface area contributed by atoms with Crippen molar-refractivity contribution in [1.29, 1.82) is 0 Å². The highest BCUT2D eigenvalue weighted by Gasteiger charge is 2.28. The Morgan fingerprint density at radius 1 is 1.03 bits per heavy atom. The summed E-state index contributed by atoms with van der Waals surface area (Å²) in [5.74, 6) is -0.814. The smallest absolute Gasteiger partial charge is 0.291 e. The number of aryl methyl sites for hydroxylation is 2. The normalized spacial score (nSPS) is 14.5. The van der Waals surface area contributed by atoms with E-state index in [9.17, 15) is 14.4 Å². The summed E-state index contributed by atoms with van der Waals surface area (Å²) in [5.41, 5.74) is 5.79. The molecule has 2 N–H and O–H groups in total. The second kappa shape index (κ2) is 9.16. The zero-order valence-electron chi connectivity index (χ0n) is 16.7. The van der Waals surface area contributed by atoms with Crippen molar-refractivity contribution in [3.63, 3.8) is 0 Å². The SMILES string of the molecule is Cc1nc(C)c(C(=O)N2CCC(c3nc(C(=O)NNC(=O)c4csnn4)cs3)CC2)s1. The summed E-state index contributed by atoms with van der Waals surface area (Å²) in [5, 5.41) is 8.54. The molecule has 3 aromatic heterocycles. The molecule has 0 bridgehead atoms. The van der Waals surface area contributed by atoms with E-state index in [1.807, 2.05) is 18.7 Å². The summed E-state index contributed by atoms with van der Waals surface area (Å²) in [7, 11) is 0. The molecule has 31 heavy (non-hydrogen) atoms. The first-order valence-corrected chi connectivity index (χ1v) is 12.0. The van der Waals surface area contributed by atoms with Crippen molar-refractivity contribution in [1.82, 2.24) is 35.3 Å². The van der Waals surface area contributed by atoms with Crippen LogP contribution >= 0.6 is 34.2 Å². The molecule has 13 heteroatoms. The Balaban J connectivity index is 1.30. The quantitative estimate of drug-likeness (QED) is 0.551. The van der Waals surface area contributed by atoms with Gasteiger partial charge in [-0.2, -0.15) is 0 Å². The first kappa shape index (κ1) is 21.5. The standard InChI is InChI=1S/C18H19N7O3S3/c1-9-14(31-10(2)19-9)18(28)25-5-3-11(4-6-25)17-20-12(7-29-17)15(26)22-23-16(27)13-8-30-24-21-13/h7-8,11H,3-6H2,1-2H3,(H,22,26)(H,23,27). The van der Waals surface area contributed by atoms with Gasteiger partial charge in [-0.05, 0) is 38.2 Å². The summed E-state index contributed by atoms with van der Waals surface area (Å²) in [6.45, 7) is 5.04. The van der Waals surface area contributed by atoms with Crippen LogP contribution in [0, 0.1) is 13.8 Å². The lowest BCUT2D eigenvalue weighted by atomic mass is 9.97. The van der Waals surface area contributed by atoms with Gasteiger partial charge in [-0.15, -0.1) is 27.8 Å². The number of aromatic nitrogens is 4. The Kier molecular flexibility index (Phi) is 6.34. The highest BCUT2D eigenvalue weighted by atomic mass is 32.1. The summed E-state index contributed by atoms with van der Waals surface area (Å²) in [6.07, 6.45) is 1.56. The van der Waals surface area contributed by atoms with Gasteiger partial charge in [0.15, 0.2) is 5.69 Å². The molecule has 1 aliphatic rings. The van der Waals surface area contributed by atoms with E-state index >= 15 is 0 Å². The third-order valence-electron chi connectivity index (χ3n) is 4.87. The van der Waals surface area contributed by atoms with Gasteiger partial charge in [0.25, 0.3) is 17.7 Å². The number of likely N-dealkylation sites (tertiary alicyclic amines) is 1. The fourth-order valence-electron chi connectivity index (χ4n) is 3.29. The summed E-state index contributed by atoms with van der Waals surface area (Å²) in [4.78, 5) is 48.2. The minimum atomic E-state index is -0.541. The van der Waals surface area contributed by atoms with Gasteiger partial charge in [0, 0.05) is 29.8 Å². The largest absolute Gasteiger partial charge is 0.338 e. The van der Waals surface area contributed by atoms with Crippen LogP contribution in [0.4, 0.5) is 0 Å². The molecule has 1 saturated heterocycles. The molecule has 162 valence electrons. The Morgan fingerprint density at radius 2 is 1.74 bits per heavy atom. The van der Waals surface area contributed by atoms with Crippen molar-refractivity contribution in [2.75, 3.05) is 13.1 Å². The molecule has 0 atom stereocenters. The molecule has 10 nitrogen and oxygen atoms in total. The molecule has 0 unspecified atom stereocenters. The van der Waals surface area contributed by atoms with Crippen LogP contribution in [0.2, 0.25) is 0 Å². The molecule has 3 amide bonds. The molecule has 4 heterocycles. The number of nitrogens with one attached hydrogen (secondary N) is 2. The highest BCUT2D eigenvalue weighted by molar-refractivity contribution is 7.13. The van der Waals surface area contributed by atoms with Crippen LogP contribution in [0.1, 0.15) is 65.1 Å². The van der Waals surface area contributed by atoms with Gasteiger partial charge in [0.05, 0.1) is 15.7 Å². The number of hydrogen-bond donors (Lipinski definition) is 2. The molecule has 1 aliphatic heterocycles. The van der Waals surface area contributed by atoms with Crippen LogP contribution in [0.15, 0.2) is 10.8 Å². The van der Waals surface area contributed by atoms with Crippen LogP contribution in [0.3, 0.4) is 0 Å². The maximum Gasteiger partial charge on any atom is 0.291 e. The van der Waals surface area contributed by atoms with Crippen LogP contribution in [-0.2, 0) is 0 Å². The number of hydrazine groups is 1. The fraction of sp³-hybridized carbons (Fsp3) is 0.389. The maximum atomic E-state index is 12.8. The van der Waals surface area contributed by atoms with Crippen molar-refractivity contribution in [3.8, 4) is 0 Å². The predicted molar refractivity (Wildman–Crippen MR) is 116 cm³/mol. The molecule has 1 fully saturated rings. The third-order valence-corrected chi connectivity index (χ3v) is 7.44. The summed E-state index contributed by atoms with van der Waals surface area (Å²) >= 11 is 3.89. The van der Waals surface area contributed by atoms with Gasteiger partial charge in [0.1, 0.15) is 10.6 Å². The van der Waals surface area contributed by atoms with E-state index in [1.54, 1.807) is 5.38 Å². The zero-order valence-corrected chi connectivity index (χ0v) is 19.2. The molecule has 0 aliphatic carbocycles. The topological polar surface area (TPSA) is 130 Å². The summed E-state index contributed by atoms with van der Waals surface area (Å²) in [6, 6.07) is 0. The van der Waals surface area contributed by atoms with E-state index < -0.39 is 11.8 Å². The molecule has 0 spiro atoms. The Morgan fingerprint density at radius 3 is 2.35 bits per heavy atom. The minimum absolute atomic E-state index is 0.0341. The van der Waals surface area contributed by atoms with Crippen LogP contribution in [0.5, 0.6) is 0 Å². The average Bonchev–Trinajstić information content (AvgIpc) is 3.52. The van der Waals surface area contributed by atoms with Crippen LogP contribution in [-0.4, -0.2) is 55.3 Å². The summed E-state index contributed by atoms with van der Waals surface area (Å²) < 4.78 is 3.60. The number of piperidine rings is 1. The first-order valence-electron chi connectivity index (χ1n) is 9.49. The number of amides is 3. The second-order valence-corrected chi connectivity index (χ2v) is 9.69. The Hall–Kier alpha value is -2.77. The van der Waals surface area contributed by atoms with E-state index in [-0.39, 0.29) is 23.2 Å². The fourth-order valence-corrected chi connectivity index (χ4v) is 5.58. The number of thiazole rings is 2. The van der Waals surface area contributed by atoms with Gasteiger partial charge in [-0.3, -0.25) is 25.2 Å².